The first-order valence-corrected chi connectivity index (χ1v) is 6.15. The monoisotopic (exact) mass is 202 g/mol. The summed E-state index contributed by atoms with van der Waals surface area (Å²) in [7, 11) is 0. The van der Waals surface area contributed by atoms with Crippen LogP contribution in [0.3, 0.4) is 0 Å². The molecule has 1 heteroatoms. The molecule has 0 aliphatic carbocycles. The number of hydrogen-bond donors (Lipinski definition) is 0. The quantitative estimate of drug-likeness (QED) is 0.631. The third-order valence-corrected chi connectivity index (χ3v) is 4.21. The molecule has 0 radical (unpaired) electrons. The van der Waals surface area contributed by atoms with Gasteiger partial charge >= 0.3 is 0 Å². The molecule has 0 rings (SSSR count). The molecule has 0 aromatic rings. The van der Waals surface area contributed by atoms with E-state index in [9.17, 15) is 0 Å². The van der Waals surface area contributed by atoms with Crippen molar-refractivity contribution in [1.29, 1.82) is 0 Å². The van der Waals surface area contributed by atoms with Gasteiger partial charge in [-0.05, 0) is 16.1 Å². The highest BCUT2D eigenvalue weighted by Crippen LogP contribution is 2.43. The Hall–Kier alpha value is 0.350. The van der Waals surface area contributed by atoms with Crippen molar-refractivity contribution in [3.8, 4) is 0 Å². The van der Waals surface area contributed by atoms with Crippen LogP contribution >= 0.6 is 11.8 Å². The van der Waals surface area contributed by atoms with Crippen LogP contribution in [0.25, 0.3) is 0 Å². The summed E-state index contributed by atoms with van der Waals surface area (Å²) >= 11 is 2.11. The van der Waals surface area contributed by atoms with Crippen molar-refractivity contribution in [1.82, 2.24) is 0 Å². The summed E-state index contributed by atoms with van der Waals surface area (Å²) in [6.45, 7) is 18.6. The van der Waals surface area contributed by atoms with Gasteiger partial charge in [-0.2, -0.15) is 11.8 Å². The summed E-state index contributed by atoms with van der Waals surface area (Å²) in [6, 6.07) is 0. The minimum atomic E-state index is 0.396. The molecule has 0 saturated carbocycles. The van der Waals surface area contributed by atoms with Crippen LogP contribution in [0.2, 0.25) is 0 Å². The van der Waals surface area contributed by atoms with Gasteiger partial charge in [0.1, 0.15) is 0 Å². The molecular formula is C12H26S. The summed E-state index contributed by atoms with van der Waals surface area (Å²) < 4.78 is 0. The Balaban J connectivity index is 4.58. The van der Waals surface area contributed by atoms with Crippen molar-refractivity contribution in [3.05, 3.63) is 0 Å². The average Bonchev–Trinajstić information content (AvgIpc) is 1.77. The van der Waals surface area contributed by atoms with Crippen LogP contribution in [-0.2, 0) is 0 Å². The summed E-state index contributed by atoms with van der Waals surface area (Å²) in [5.41, 5.74) is 0.792. The van der Waals surface area contributed by atoms with Crippen molar-refractivity contribution in [2.75, 3.05) is 0 Å². The van der Waals surface area contributed by atoms with Crippen LogP contribution in [0, 0.1) is 10.8 Å². The predicted octanol–water partition coefficient (Wildman–Crippen LogP) is 4.59. The fourth-order valence-corrected chi connectivity index (χ4v) is 3.34. The van der Waals surface area contributed by atoms with E-state index in [1.54, 1.807) is 0 Å². The number of hydrogen-bond acceptors (Lipinski definition) is 1. The van der Waals surface area contributed by atoms with Gasteiger partial charge in [-0.3, -0.25) is 0 Å². The Labute approximate surface area is 88.9 Å². The van der Waals surface area contributed by atoms with Gasteiger partial charge in [0.15, 0.2) is 0 Å². The zero-order valence-corrected chi connectivity index (χ0v) is 11.4. The first-order chi connectivity index (χ1) is 5.55. The second kappa shape index (κ2) is 4.25. The molecule has 0 atom stereocenters. The lowest BCUT2D eigenvalue weighted by Crippen LogP contribution is -2.36. The molecule has 13 heavy (non-hydrogen) atoms. The lowest BCUT2D eigenvalue weighted by Gasteiger charge is -2.41. The van der Waals surface area contributed by atoms with E-state index >= 15 is 0 Å². The molecule has 0 bridgehead atoms. The van der Waals surface area contributed by atoms with E-state index in [2.05, 4.69) is 67.2 Å². The first kappa shape index (κ1) is 13.4. The Morgan fingerprint density at radius 3 is 1.15 bits per heavy atom. The second-order valence-corrected chi connectivity index (χ2v) is 7.98. The maximum atomic E-state index is 2.35. The molecule has 0 nitrogen and oxygen atoms in total. The maximum Gasteiger partial charge on any atom is 0.0147 e. The van der Waals surface area contributed by atoms with E-state index in [1.807, 2.05) is 0 Å². The molecule has 0 spiro atoms. The molecule has 80 valence electrons. The van der Waals surface area contributed by atoms with E-state index in [1.165, 1.54) is 0 Å². The first-order valence-electron chi connectivity index (χ1n) is 5.20. The molecule has 0 amide bonds. The standard InChI is InChI=1S/C12H26S/c1-9(2)13-10(11(3,4)5)12(6,7)8/h9-10H,1-8H3. The van der Waals surface area contributed by atoms with E-state index in [-0.39, 0.29) is 0 Å². The second-order valence-electron chi connectivity index (χ2n) is 6.30. The lowest BCUT2D eigenvalue weighted by molar-refractivity contribution is 0.249. The highest BCUT2D eigenvalue weighted by Gasteiger charge is 2.35. The van der Waals surface area contributed by atoms with Crippen LogP contribution in [0.15, 0.2) is 0 Å². The zero-order chi connectivity index (χ0) is 10.9. The third-order valence-electron chi connectivity index (χ3n) is 1.98. The van der Waals surface area contributed by atoms with Crippen LogP contribution in [0.5, 0.6) is 0 Å². The minimum absolute atomic E-state index is 0.396. The molecule has 0 aromatic heterocycles. The van der Waals surface area contributed by atoms with E-state index in [0.29, 0.717) is 10.8 Å². The van der Waals surface area contributed by atoms with Gasteiger partial charge in [0.05, 0.1) is 0 Å². The lowest BCUT2D eigenvalue weighted by atomic mass is 9.77. The molecule has 0 N–H and O–H groups in total. The van der Waals surface area contributed by atoms with Crippen molar-refractivity contribution < 1.29 is 0 Å². The van der Waals surface area contributed by atoms with Crippen molar-refractivity contribution in [3.63, 3.8) is 0 Å². The van der Waals surface area contributed by atoms with Gasteiger partial charge in [-0.1, -0.05) is 55.4 Å². The minimum Gasteiger partial charge on any atom is -0.155 e. The maximum absolute atomic E-state index is 2.35. The molecule has 0 heterocycles. The fourth-order valence-electron chi connectivity index (χ4n) is 1.98. The molecule has 0 unspecified atom stereocenters. The van der Waals surface area contributed by atoms with Crippen LogP contribution in [0.4, 0.5) is 0 Å². The summed E-state index contributed by atoms with van der Waals surface area (Å²) in [6.07, 6.45) is 0. The van der Waals surface area contributed by atoms with E-state index in [0.717, 1.165) is 10.5 Å². The summed E-state index contributed by atoms with van der Waals surface area (Å²) in [4.78, 5) is 0. The third kappa shape index (κ3) is 4.95. The Morgan fingerprint density at radius 2 is 1.08 bits per heavy atom. The topological polar surface area (TPSA) is 0 Å². The van der Waals surface area contributed by atoms with Gasteiger partial charge in [-0.15, -0.1) is 0 Å². The Bertz CT molecular complexity index is 131. The average molecular weight is 202 g/mol. The van der Waals surface area contributed by atoms with E-state index in [4.69, 9.17) is 0 Å². The van der Waals surface area contributed by atoms with Crippen molar-refractivity contribution in [2.24, 2.45) is 10.8 Å². The molecule has 0 fully saturated rings. The van der Waals surface area contributed by atoms with Gasteiger partial charge < -0.3 is 0 Å². The summed E-state index contributed by atoms with van der Waals surface area (Å²) in [5, 5.41) is 1.45. The molecule has 0 saturated heterocycles. The van der Waals surface area contributed by atoms with Crippen molar-refractivity contribution in [2.45, 2.75) is 65.9 Å². The summed E-state index contributed by atoms with van der Waals surface area (Å²) in [5.74, 6) is 0. The normalized spacial score (nSPS) is 14.3. The van der Waals surface area contributed by atoms with E-state index < -0.39 is 0 Å². The highest BCUT2D eigenvalue weighted by atomic mass is 32.2. The van der Waals surface area contributed by atoms with Gasteiger partial charge in [-0.25, -0.2) is 0 Å². The molecule has 0 aromatic carbocycles. The van der Waals surface area contributed by atoms with Gasteiger partial charge in [0.25, 0.3) is 0 Å². The Morgan fingerprint density at radius 1 is 0.769 bits per heavy atom. The zero-order valence-electron chi connectivity index (χ0n) is 10.6. The van der Waals surface area contributed by atoms with Crippen molar-refractivity contribution >= 4 is 11.8 Å². The fraction of sp³-hybridized carbons (Fsp3) is 1.00. The van der Waals surface area contributed by atoms with Gasteiger partial charge in [0.2, 0.25) is 0 Å². The van der Waals surface area contributed by atoms with Crippen LogP contribution in [0.1, 0.15) is 55.4 Å². The molecular weight excluding hydrogens is 176 g/mol. The number of thioether (sulfide) groups is 1. The van der Waals surface area contributed by atoms with Gasteiger partial charge in [0, 0.05) is 5.25 Å². The smallest absolute Gasteiger partial charge is 0.0147 e. The number of rotatable bonds is 2. The Kier molecular flexibility index (Phi) is 4.36. The molecule has 0 aliphatic heterocycles. The van der Waals surface area contributed by atoms with Crippen LogP contribution in [-0.4, -0.2) is 10.5 Å². The highest BCUT2D eigenvalue weighted by molar-refractivity contribution is 8.00. The van der Waals surface area contributed by atoms with Crippen LogP contribution < -0.4 is 0 Å². The largest absolute Gasteiger partial charge is 0.155 e. The SMILES string of the molecule is CC(C)SC(C(C)(C)C)C(C)(C)C. The predicted molar refractivity (Wildman–Crippen MR) is 65.4 cm³/mol. The molecule has 0 aliphatic rings.